The van der Waals surface area contributed by atoms with Gasteiger partial charge in [-0.25, -0.2) is 18.2 Å². The molecule has 168 valence electrons. The van der Waals surface area contributed by atoms with Gasteiger partial charge in [-0.3, -0.25) is 4.79 Å². The number of amides is 1. The highest BCUT2D eigenvalue weighted by Crippen LogP contribution is 2.18. The number of piperazine rings is 1. The first kappa shape index (κ1) is 23.2. The average Bonchev–Trinajstić information content (AvgIpc) is 2.83. The topological polar surface area (TPSA) is 109 Å². The summed E-state index contributed by atoms with van der Waals surface area (Å²) in [5.74, 6) is 2.26. The highest BCUT2D eigenvalue weighted by Gasteiger charge is 2.24. The maximum Gasteiger partial charge on any atom is 0.339 e. The normalized spacial score (nSPS) is 14.0. The van der Waals surface area contributed by atoms with Crippen molar-refractivity contribution in [2.45, 2.75) is 11.8 Å². The van der Waals surface area contributed by atoms with E-state index in [2.05, 4.69) is 15.6 Å². The third-order valence-electron chi connectivity index (χ3n) is 4.91. The first-order valence-corrected chi connectivity index (χ1v) is 11.5. The Bertz CT molecular complexity index is 1120. The molecule has 10 heteroatoms. The van der Waals surface area contributed by atoms with E-state index in [9.17, 15) is 18.0 Å². The number of carbonyl (C=O) groups excluding carboxylic acids is 2. The molecule has 0 unspecified atom stereocenters. The fraction of sp³-hybridized carbons (Fsp3) is 0.318. The molecule has 0 spiro atoms. The number of nitrogens with one attached hydrogen (secondary N) is 1. The standard InChI is InChI=1S/C22H24N4O5S/c1-3-10-24-32(29,30)19-7-5-6-17(15-19)21(27)26-13-11-25(12-14-26)20-9-8-18(16-23-20)22(28)31-4-2/h1,5-9,15-16,24H,4,10-14H2,2H3. The van der Waals surface area contributed by atoms with Crippen molar-refractivity contribution >= 4 is 27.7 Å². The zero-order valence-corrected chi connectivity index (χ0v) is 18.5. The minimum absolute atomic E-state index is 0.0110. The minimum Gasteiger partial charge on any atom is -0.462 e. The molecule has 1 aliphatic heterocycles. The first-order valence-electron chi connectivity index (χ1n) is 10.1. The van der Waals surface area contributed by atoms with Gasteiger partial charge >= 0.3 is 5.97 Å². The monoisotopic (exact) mass is 456 g/mol. The molecule has 3 rings (SSSR count). The number of aromatic nitrogens is 1. The van der Waals surface area contributed by atoms with Crippen LogP contribution in [-0.4, -0.2) is 69.5 Å². The molecule has 0 radical (unpaired) electrons. The third kappa shape index (κ3) is 5.43. The zero-order chi connectivity index (χ0) is 23.1. The molecule has 0 bridgehead atoms. The number of sulfonamides is 1. The molecular formula is C22H24N4O5S. The summed E-state index contributed by atoms with van der Waals surface area (Å²) in [6.07, 6.45) is 6.59. The minimum atomic E-state index is -3.78. The van der Waals surface area contributed by atoms with E-state index in [1.165, 1.54) is 24.4 Å². The number of terminal acetylenes is 1. The van der Waals surface area contributed by atoms with Gasteiger partial charge in [-0.15, -0.1) is 6.42 Å². The molecule has 0 aliphatic carbocycles. The lowest BCUT2D eigenvalue weighted by molar-refractivity contribution is 0.0525. The molecule has 2 aromatic rings. The summed E-state index contributed by atoms with van der Waals surface area (Å²) in [7, 11) is -3.78. The quantitative estimate of drug-likeness (QED) is 0.491. The molecule has 1 aromatic heterocycles. The number of carbonyl (C=O) groups is 2. The average molecular weight is 457 g/mol. The number of hydrogen-bond donors (Lipinski definition) is 1. The Hall–Kier alpha value is -3.42. The Labute approximate surface area is 187 Å². The summed E-state index contributed by atoms with van der Waals surface area (Å²) in [6, 6.07) is 9.30. The van der Waals surface area contributed by atoms with Gasteiger partial charge in [0.1, 0.15) is 5.82 Å². The SMILES string of the molecule is C#CCNS(=O)(=O)c1cccc(C(=O)N2CCN(c3ccc(C(=O)OCC)cn3)CC2)c1. The number of pyridine rings is 1. The summed E-state index contributed by atoms with van der Waals surface area (Å²) in [4.78, 5) is 32.7. The number of nitrogens with zero attached hydrogens (tertiary/aromatic N) is 3. The molecule has 1 aliphatic rings. The van der Waals surface area contributed by atoms with Crippen molar-refractivity contribution in [1.82, 2.24) is 14.6 Å². The second-order valence-corrected chi connectivity index (χ2v) is 8.73. The molecule has 9 nitrogen and oxygen atoms in total. The Kier molecular flexibility index (Phi) is 7.45. The fourth-order valence-corrected chi connectivity index (χ4v) is 4.23. The van der Waals surface area contributed by atoms with Gasteiger partial charge < -0.3 is 14.5 Å². The van der Waals surface area contributed by atoms with Crippen molar-refractivity contribution in [3.05, 3.63) is 53.7 Å². The van der Waals surface area contributed by atoms with Crippen LogP contribution in [0.1, 0.15) is 27.6 Å². The van der Waals surface area contributed by atoms with Crippen LogP contribution in [0, 0.1) is 12.3 Å². The van der Waals surface area contributed by atoms with Gasteiger partial charge in [-0.05, 0) is 37.3 Å². The van der Waals surface area contributed by atoms with E-state index >= 15 is 0 Å². The lowest BCUT2D eigenvalue weighted by atomic mass is 10.2. The highest BCUT2D eigenvalue weighted by molar-refractivity contribution is 7.89. The predicted molar refractivity (Wildman–Crippen MR) is 119 cm³/mol. The summed E-state index contributed by atoms with van der Waals surface area (Å²) < 4.78 is 31.8. The molecule has 2 heterocycles. The molecule has 0 saturated carbocycles. The number of hydrogen-bond acceptors (Lipinski definition) is 7. The maximum absolute atomic E-state index is 12.9. The van der Waals surface area contributed by atoms with Gasteiger partial charge in [0.2, 0.25) is 10.0 Å². The zero-order valence-electron chi connectivity index (χ0n) is 17.7. The van der Waals surface area contributed by atoms with Gasteiger partial charge in [0.25, 0.3) is 5.91 Å². The summed E-state index contributed by atoms with van der Waals surface area (Å²) in [6.45, 7) is 3.92. The van der Waals surface area contributed by atoms with Crippen LogP contribution in [0.5, 0.6) is 0 Å². The van der Waals surface area contributed by atoms with Gasteiger partial charge in [0.15, 0.2) is 0 Å². The van der Waals surface area contributed by atoms with Crippen molar-refractivity contribution in [3.63, 3.8) is 0 Å². The van der Waals surface area contributed by atoms with Crippen molar-refractivity contribution in [3.8, 4) is 12.3 Å². The predicted octanol–water partition coefficient (Wildman–Crippen LogP) is 1.13. The van der Waals surface area contributed by atoms with Crippen LogP contribution in [0.2, 0.25) is 0 Å². The number of ether oxygens (including phenoxy) is 1. The maximum atomic E-state index is 12.9. The van der Waals surface area contributed by atoms with E-state index in [0.29, 0.717) is 49.7 Å². The van der Waals surface area contributed by atoms with Crippen LogP contribution in [0.3, 0.4) is 0 Å². The van der Waals surface area contributed by atoms with E-state index in [1.807, 2.05) is 4.90 Å². The van der Waals surface area contributed by atoms with Crippen molar-refractivity contribution in [2.24, 2.45) is 0 Å². The molecule has 1 fully saturated rings. The van der Waals surface area contributed by atoms with E-state index in [4.69, 9.17) is 11.2 Å². The molecule has 0 atom stereocenters. The van der Waals surface area contributed by atoms with E-state index in [0.717, 1.165) is 0 Å². The lowest BCUT2D eigenvalue weighted by Gasteiger charge is -2.35. The first-order chi connectivity index (χ1) is 15.4. The molecule has 1 amide bonds. The fourth-order valence-electron chi connectivity index (χ4n) is 3.25. The molecular weight excluding hydrogens is 432 g/mol. The van der Waals surface area contributed by atoms with Gasteiger partial charge in [-0.1, -0.05) is 12.0 Å². The third-order valence-corrected chi connectivity index (χ3v) is 6.30. The van der Waals surface area contributed by atoms with Crippen molar-refractivity contribution < 1.29 is 22.7 Å². The largest absolute Gasteiger partial charge is 0.462 e. The summed E-state index contributed by atoms with van der Waals surface area (Å²) in [5, 5.41) is 0. The van der Waals surface area contributed by atoms with Crippen LogP contribution < -0.4 is 9.62 Å². The van der Waals surface area contributed by atoms with Gasteiger partial charge in [-0.2, -0.15) is 4.72 Å². The van der Waals surface area contributed by atoms with Gasteiger partial charge in [0, 0.05) is 37.9 Å². The van der Waals surface area contributed by atoms with Crippen LogP contribution in [0.4, 0.5) is 5.82 Å². The smallest absolute Gasteiger partial charge is 0.339 e. The Morgan fingerprint density at radius 2 is 1.91 bits per heavy atom. The number of rotatable bonds is 7. The lowest BCUT2D eigenvalue weighted by Crippen LogP contribution is -2.49. The molecule has 1 N–H and O–H groups in total. The van der Waals surface area contributed by atoms with E-state index in [-0.39, 0.29) is 17.3 Å². The second-order valence-electron chi connectivity index (χ2n) is 6.96. The number of anilines is 1. The number of esters is 1. The van der Waals surface area contributed by atoms with Crippen molar-refractivity contribution in [2.75, 3.05) is 44.2 Å². The Balaban J connectivity index is 1.63. The van der Waals surface area contributed by atoms with Crippen LogP contribution in [0.15, 0.2) is 47.5 Å². The second kappa shape index (κ2) is 10.3. The molecule has 32 heavy (non-hydrogen) atoms. The highest BCUT2D eigenvalue weighted by atomic mass is 32.2. The summed E-state index contributed by atoms with van der Waals surface area (Å²) in [5.41, 5.74) is 0.676. The Morgan fingerprint density at radius 1 is 1.16 bits per heavy atom. The van der Waals surface area contributed by atoms with Crippen LogP contribution in [-0.2, 0) is 14.8 Å². The van der Waals surface area contributed by atoms with Crippen LogP contribution in [0.25, 0.3) is 0 Å². The van der Waals surface area contributed by atoms with E-state index in [1.54, 1.807) is 30.0 Å². The molecule has 1 aromatic carbocycles. The molecule has 1 saturated heterocycles. The van der Waals surface area contributed by atoms with Crippen molar-refractivity contribution in [1.29, 1.82) is 0 Å². The van der Waals surface area contributed by atoms with E-state index < -0.39 is 16.0 Å². The van der Waals surface area contributed by atoms with Gasteiger partial charge in [0.05, 0.1) is 23.6 Å². The summed E-state index contributed by atoms with van der Waals surface area (Å²) >= 11 is 0. The van der Waals surface area contributed by atoms with Crippen LogP contribution >= 0.6 is 0 Å². The number of benzene rings is 1. The Morgan fingerprint density at radius 3 is 2.53 bits per heavy atom.